The highest BCUT2D eigenvalue weighted by molar-refractivity contribution is 7.10. The Kier molecular flexibility index (Phi) is 4.22. The first kappa shape index (κ1) is 13.4. The van der Waals surface area contributed by atoms with Crippen LogP contribution < -0.4 is 0 Å². The third-order valence-electron chi connectivity index (χ3n) is 3.33. The monoisotopic (exact) mass is 287 g/mol. The number of nitrogens with zero attached hydrogens (tertiary/aromatic N) is 1. The van der Waals surface area contributed by atoms with Gasteiger partial charge in [-0.15, -0.1) is 11.3 Å². The van der Waals surface area contributed by atoms with Gasteiger partial charge in [-0.2, -0.15) is 0 Å². The molecule has 0 spiro atoms. The summed E-state index contributed by atoms with van der Waals surface area (Å²) >= 11 is 1.73. The second kappa shape index (κ2) is 6.27. The summed E-state index contributed by atoms with van der Waals surface area (Å²) in [5, 5.41) is 10.8. The lowest BCUT2D eigenvalue weighted by molar-refractivity contribution is 0.227. The zero-order valence-electron chi connectivity index (χ0n) is 11.2. The first-order valence-corrected chi connectivity index (χ1v) is 7.66. The van der Waals surface area contributed by atoms with Crippen LogP contribution in [0.2, 0.25) is 0 Å². The van der Waals surface area contributed by atoms with Gasteiger partial charge in [-0.05, 0) is 31.0 Å². The first-order valence-electron chi connectivity index (χ1n) is 6.79. The van der Waals surface area contributed by atoms with Gasteiger partial charge in [-0.1, -0.05) is 11.8 Å². The summed E-state index contributed by atoms with van der Waals surface area (Å²) in [6.45, 7) is 1.72. The summed E-state index contributed by atoms with van der Waals surface area (Å²) in [5.41, 5.74) is 0.993. The lowest BCUT2D eigenvalue weighted by Crippen LogP contribution is -2.24. The van der Waals surface area contributed by atoms with Gasteiger partial charge >= 0.3 is 0 Å². The van der Waals surface area contributed by atoms with Crippen LogP contribution in [0.1, 0.15) is 29.0 Å². The number of rotatable bonds is 5. The van der Waals surface area contributed by atoms with Crippen LogP contribution in [-0.2, 0) is 13.1 Å². The molecule has 2 aromatic rings. The summed E-state index contributed by atoms with van der Waals surface area (Å²) in [4.78, 5) is 3.78. The molecule has 0 aromatic carbocycles. The molecule has 1 aliphatic rings. The number of hydrogen-bond donors (Lipinski definition) is 1. The topological polar surface area (TPSA) is 36.6 Å². The van der Waals surface area contributed by atoms with Crippen LogP contribution in [0.5, 0.6) is 0 Å². The maximum atomic E-state index is 8.72. The zero-order valence-corrected chi connectivity index (χ0v) is 12.0. The molecule has 4 heteroatoms. The number of hydrogen-bond acceptors (Lipinski definition) is 4. The molecule has 0 radical (unpaired) electrons. The Morgan fingerprint density at radius 3 is 3.00 bits per heavy atom. The third-order valence-corrected chi connectivity index (χ3v) is 4.25. The van der Waals surface area contributed by atoms with Gasteiger partial charge in [0, 0.05) is 28.4 Å². The maximum Gasteiger partial charge on any atom is 0.117 e. The fourth-order valence-corrected chi connectivity index (χ4v) is 3.07. The molecule has 20 heavy (non-hydrogen) atoms. The molecule has 0 unspecified atom stereocenters. The summed E-state index contributed by atoms with van der Waals surface area (Å²) in [6.07, 6.45) is 4.29. The third kappa shape index (κ3) is 3.51. The van der Waals surface area contributed by atoms with E-state index in [0.29, 0.717) is 6.04 Å². The molecule has 1 fully saturated rings. The van der Waals surface area contributed by atoms with E-state index in [1.54, 1.807) is 17.6 Å². The summed E-state index contributed by atoms with van der Waals surface area (Å²) in [6, 6.07) is 6.77. The molecule has 2 aromatic heterocycles. The van der Waals surface area contributed by atoms with Gasteiger partial charge in [0.25, 0.3) is 0 Å². The van der Waals surface area contributed by atoms with Crippen molar-refractivity contribution in [3.05, 3.63) is 46.0 Å². The Hall–Kier alpha value is -1.54. The van der Waals surface area contributed by atoms with Gasteiger partial charge < -0.3 is 9.52 Å². The smallest absolute Gasteiger partial charge is 0.117 e. The number of furan rings is 1. The maximum absolute atomic E-state index is 8.72. The van der Waals surface area contributed by atoms with Crippen molar-refractivity contribution in [3.8, 4) is 11.8 Å². The van der Waals surface area contributed by atoms with E-state index < -0.39 is 0 Å². The molecular formula is C16H17NO2S. The minimum atomic E-state index is -0.0854. The van der Waals surface area contributed by atoms with Gasteiger partial charge in [-0.25, -0.2) is 0 Å². The van der Waals surface area contributed by atoms with E-state index in [1.165, 1.54) is 17.7 Å². The molecule has 2 heterocycles. The van der Waals surface area contributed by atoms with E-state index in [-0.39, 0.29) is 6.61 Å². The molecule has 1 aliphatic carbocycles. The minimum absolute atomic E-state index is 0.0854. The van der Waals surface area contributed by atoms with Crippen molar-refractivity contribution in [1.29, 1.82) is 0 Å². The number of thiophene rings is 1. The first-order chi connectivity index (χ1) is 9.85. The fourth-order valence-electron chi connectivity index (χ4n) is 2.23. The van der Waals surface area contributed by atoms with E-state index in [0.717, 1.165) is 24.4 Å². The second-order valence-corrected chi connectivity index (χ2v) is 5.97. The largest absolute Gasteiger partial charge is 0.468 e. The van der Waals surface area contributed by atoms with Crippen molar-refractivity contribution in [1.82, 2.24) is 4.90 Å². The van der Waals surface area contributed by atoms with Crippen molar-refractivity contribution in [2.24, 2.45) is 0 Å². The average Bonchev–Trinajstić information content (AvgIpc) is 3.00. The Balaban J connectivity index is 1.65. The quantitative estimate of drug-likeness (QED) is 0.859. The average molecular weight is 287 g/mol. The normalized spacial score (nSPS) is 14.3. The van der Waals surface area contributed by atoms with Crippen LogP contribution in [0.25, 0.3) is 0 Å². The van der Waals surface area contributed by atoms with Crippen LogP contribution >= 0.6 is 11.3 Å². The van der Waals surface area contributed by atoms with Crippen molar-refractivity contribution < 1.29 is 9.52 Å². The van der Waals surface area contributed by atoms with E-state index in [4.69, 9.17) is 9.52 Å². The van der Waals surface area contributed by atoms with Crippen molar-refractivity contribution in [2.75, 3.05) is 6.61 Å². The highest BCUT2D eigenvalue weighted by atomic mass is 32.1. The molecular weight excluding hydrogens is 270 g/mol. The van der Waals surface area contributed by atoms with E-state index in [9.17, 15) is 0 Å². The van der Waals surface area contributed by atoms with E-state index in [2.05, 4.69) is 28.2 Å². The molecule has 0 atom stereocenters. The van der Waals surface area contributed by atoms with Gasteiger partial charge in [0.2, 0.25) is 0 Å². The minimum Gasteiger partial charge on any atom is -0.468 e. The molecule has 1 N–H and O–H groups in total. The molecule has 104 valence electrons. The van der Waals surface area contributed by atoms with Gasteiger partial charge in [-0.3, -0.25) is 4.90 Å². The van der Waals surface area contributed by atoms with Gasteiger partial charge in [0.05, 0.1) is 12.8 Å². The predicted octanol–water partition coefficient (Wildman–Crippen LogP) is 2.85. The Morgan fingerprint density at radius 1 is 1.40 bits per heavy atom. The van der Waals surface area contributed by atoms with Crippen LogP contribution in [0.3, 0.4) is 0 Å². The highest BCUT2D eigenvalue weighted by Crippen LogP contribution is 2.31. The van der Waals surface area contributed by atoms with Crippen LogP contribution in [-0.4, -0.2) is 22.7 Å². The zero-order chi connectivity index (χ0) is 13.8. The Bertz CT molecular complexity index is 602. The van der Waals surface area contributed by atoms with Gasteiger partial charge in [0.1, 0.15) is 12.4 Å². The SMILES string of the molecule is OCC#Cc1csc(CN(Cc2ccco2)C2CC2)c1. The molecule has 3 rings (SSSR count). The molecule has 1 saturated carbocycles. The Morgan fingerprint density at radius 2 is 2.30 bits per heavy atom. The Labute approximate surface area is 122 Å². The van der Waals surface area contributed by atoms with Crippen molar-refractivity contribution in [3.63, 3.8) is 0 Å². The van der Waals surface area contributed by atoms with Crippen molar-refractivity contribution in [2.45, 2.75) is 32.0 Å². The van der Waals surface area contributed by atoms with Crippen molar-refractivity contribution >= 4 is 11.3 Å². The van der Waals surface area contributed by atoms with E-state index >= 15 is 0 Å². The van der Waals surface area contributed by atoms with Crippen LogP contribution in [0.4, 0.5) is 0 Å². The second-order valence-electron chi connectivity index (χ2n) is 4.98. The van der Waals surface area contributed by atoms with Gasteiger partial charge in [0.15, 0.2) is 0 Å². The number of aliphatic hydroxyl groups excluding tert-OH is 1. The fraction of sp³-hybridized carbons (Fsp3) is 0.375. The lowest BCUT2D eigenvalue weighted by Gasteiger charge is -2.19. The van der Waals surface area contributed by atoms with E-state index in [1.807, 2.05) is 12.1 Å². The predicted molar refractivity (Wildman–Crippen MR) is 79.3 cm³/mol. The molecule has 0 aliphatic heterocycles. The summed E-state index contributed by atoms with van der Waals surface area (Å²) in [7, 11) is 0. The van der Waals surface area contributed by atoms with Crippen LogP contribution in [0, 0.1) is 11.8 Å². The lowest BCUT2D eigenvalue weighted by atomic mass is 10.3. The standard InChI is InChI=1S/C16H17NO2S/c18-7-1-3-13-9-16(20-12-13)11-17(14-5-6-14)10-15-4-2-8-19-15/h2,4,8-9,12,14,18H,5-7,10-11H2. The molecule has 0 bridgehead atoms. The summed E-state index contributed by atoms with van der Waals surface area (Å²) < 4.78 is 5.45. The molecule has 3 nitrogen and oxygen atoms in total. The number of aliphatic hydroxyl groups is 1. The summed E-state index contributed by atoms with van der Waals surface area (Å²) in [5.74, 6) is 6.66. The highest BCUT2D eigenvalue weighted by Gasteiger charge is 2.29. The molecule has 0 saturated heterocycles. The van der Waals surface area contributed by atoms with Crippen LogP contribution in [0.15, 0.2) is 34.3 Å². The molecule has 0 amide bonds.